The standard InChI is InChI=1S/C13H17F2NO/c1-17-12-10(14)7-9(8-11(12)15)13(16)5-3-2-4-6-13/h7-8H,2-6,16H2,1H3. The molecule has 0 aromatic heterocycles. The highest BCUT2D eigenvalue weighted by atomic mass is 19.1. The molecule has 0 unspecified atom stereocenters. The number of hydrogen-bond acceptors (Lipinski definition) is 2. The summed E-state index contributed by atoms with van der Waals surface area (Å²) in [4.78, 5) is 0. The van der Waals surface area contributed by atoms with Crippen molar-refractivity contribution < 1.29 is 13.5 Å². The molecule has 4 heteroatoms. The van der Waals surface area contributed by atoms with Crippen LogP contribution in [0.5, 0.6) is 5.75 Å². The molecule has 2 rings (SSSR count). The fourth-order valence-corrected chi connectivity index (χ4v) is 2.51. The maximum atomic E-state index is 13.6. The summed E-state index contributed by atoms with van der Waals surface area (Å²) in [5, 5.41) is 0. The number of rotatable bonds is 2. The lowest BCUT2D eigenvalue weighted by molar-refractivity contribution is 0.297. The van der Waals surface area contributed by atoms with Gasteiger partial charge >= 0.3 is 0 Å². The van der Waals surface area contributed by atoms with Crippen molar-refractivity contribution in [2.75, 3.05) is 7.11 Å². The first-order chi connectivity index (χ1) is 8.07. The van der Waals surface area contributed by atoms with Crippen LogP contribution in [0.4, 0.5) is 8.78 Å². The van der Waals surface area contributed by atoms with Gasteiger partial charge in [-0.1, -0.05) is 19.3 Å². The lowest BCUT2D eigenvalue weighted by Crippen LogP contribution is -2.38. The van der Waals surface area contributed by atoms with Crippen LogP contribution in [0.2, 0.25) is 0 Å². The molecule has 0 spiro atoms. The summed E-state index contributed by atoms with van der Waals surface area (Å²) in [7, 11) is 1.25. The molecule has 0 atom stereocenters. The number of hydrogen-bond donors (Lipinski definition) is 1. The maximum absolute atomic E-state index is 13.6. The van der Waals surface area contributed by atoms with Crippen LogP contribution in [-0.2, 0) is 5.54 Å². The Kier molecular flexibility index (Phi) is 3.33. The van der Waals surface area contributed by atoms with Gasteiger partial charge in [0.1, 0.15) is 0 Å². The van der Waals surface area contributed by atoms with Crippen LogP contribution >= 0.6 is 0 Å². The summed E-state index contributed by atoms with van der Waals surface area (Å²) in [6, 6.07) is 2.60. The zero-order valence-corrected chi connectivity index (χ0v) is 9.93. The average Bonchev–Trinajstić information content (AvgIpc) is 2.29. The molecule has 0 saturated heterocycles. The number of halogens is 2. The highest BCUT2D eigenvalue weighted by molar-refractivity contribution is 5.35. The Morgan fingerprint density at radius 2 is 1.65 bits per heavy atom. The molecule has 17 heavy (non-hydrogen) atoms. The first-order valence-corrected chi connectivity index (χ1v) is 5.89. The number of benzene rings is 1. The second-order valence-corrected chi connectivity index (χ2v) is 4.69. The Hall–Kier alpha value is -1.16. The Bertz CT molecular complexity index is 391. The predicted molar refractivity (Wildman–Crippen MR) is 61.9 cm³/mol. The van der Waals surface area contributed by atoms with E-state index in [4.69, 9.17) is 5.73 Å². The SMILES string of the molecule is COc1c(F)cc(C2(N)CCCCC2)cc1F. The molecule has 1 saturated carbocycles. The fraction of sp³-hybridized carbons (Fsp3) is 0.538. The minimum atomic E-state index is -0.683. The third-order valence-corrected chi connectivity index (χ3v) is 3.52. The van der Waals surface area contributed by atoms with E-state index in [9.17, 15) is 8.78 Å². The van der Waals surface area contributed by atoms with Gasteiger partial charge in [-0.3, -0.25) is 0 Å². The van der Waals surface area contributed by atoms with Gasteiger partial charge in [0, 0.05) is 5.54 Å². The summed E-state index contributed by atoms with van der Waals surface area (Å²) in [6.45, 7) is 0. The van der Waals surface area contributed by atoms with E-state index in [1.165, 1.54) is 19.2 Å². The van der Waals surface area contributed by atoms with E-state index in [1.54, 1.807) is 0 Å². The molecule has 0 radical (unpaired) electrons. The van der Waals surface area contributed by atoms with E-state index in [0.29, 0.717) is 5.56 Å². The van der Waals surface area contributed by atoms with E-state index in [-0.39, 0.29) is 5.75 Å². The normalized spacial score (nSPS) is 19.1. The van der Waals surface area contributed by atoms with E-state index in [2.05, 4.69) is 4.74 Å². The predicted octanol–water partition coefficient (Wildman–Crippen LogP) is 3.09. The molecule has 1 aliphatic carbocycles. The minimum Gasteiger partial charge on any atom is -0.491 e. The van der Waals surface area contributed by atoms with Crippen LogP contribution in [0.1, 0.15) is 37.7 Å². The van der Waals surface area contributed by atoms with Crippen LogP contribution in [-0.4, -0.2) is 7.11 Å². The maximum Gasteiger partial charge on any atom is 0.190 e. The molecule has 1 aliphatic rings. The quantitative estimate of drug-likeness (QED) is 0.863. The molecule has 1 aromatic rings. The number of methoxy groups -OCH3 is 1. The molecule has 2 N–H and O–H groups in total. The van der Waals surface area contributed by atoms with Crippen molar-refractivity contribution >= 4 is 0 Å². The molecular weight excluding hydrogens is 224 g/mol. The summed E-state index contributed by atoms with van der Waals surface area (Å²) in [6.07, 6.45) is 4.70. The smallest absolute Gasteiger partial charge is 0.190 e. The molecule has 0 heterocycles. The topological polar surface area (TPSA) is 35.2 Å². The molecule has 1 fully saturated rings. The summed E-state index contributed by atoms with van der Waals surface area (Å²) in [5.41, 5.74) is 6.18. The molecule has 2 nitrogen and oxygen atoms in total. The summed E-state index contributed by atoms with van der Waals surface area (Å²) >= 11 is 0. The highest BCUT2D eigenvalue weighted by Gasteiger charge is 2.31. The van der Waals surface area contributed by atoms with Gasteiger partial charge in [-0.2, -0.15) is 0 Å². The van der Waals surface area contributed by atoms with Crippen molar-refractivity contribution in [3.63, 3.8) is 0 Å². The van der Waals surface area contributed by atoms with Crippen LogP contribution in [0.15, 0.2) is 12.1 Å². The monoisotopic (exact) mass is 241 g/mol. The molecular formula is C13H17F2NO. The van der Waals surface area contributed by atoms with Gasteiger partial charge < -0.3 is 10.5 Å². The molecule has 1 aromatic carbocycles. The van der Waals surface area contributed by atoms with Crippen LogP contribution in [0, 0.1) is 11.6 Å². The highest BCUT2D eigenvalue weighted by Crippen LogP contribution is 2.37. The second-order valence-electron chi connectivity index (χ2n) is 4.69. The Labute approximate surface area is 99.8 Å². The molecule has 0 amide bonds. The molecule has 0 bridgehead atoms. The number of ether oxygens (including phenoxy) is 1. The largest absolute Gasteiger partial charge is 0.491 e. The van der Waals surface area contributed by atoms with E-state index in [0.717, 1.165) is 32.1 Å². The summed E-state index contributed by atoms with van der Waals surface area (Å²) < 4.78 is 31.9. The van der Waals surface area contributed by atoms with Gasteiger partial charge in [0.15, 0.2) is 17.4 Å². The zero-order valence-electron chi connectivity index (χ0n) is 9.93. The van der Waals surface area contributed by atoms with E-state index >= 15 is 0 Å². The first-order valence-electron chi connectivity index (χ1n) is 5.89. The number of nitrogens with two attached hydrogens (primary N) is 1. The third kappa shape index (κ3) is 2.27. The van der Waals surface area contributed by atoms with Gasteiger partial charge in [0.05, 0.1) is 7.11 Å². The van der Waals surface area contributed by atoms with Crippen molar-refractivity contribution in [1.29, 1.82) is 0 Å². The lowest BCUT2D eigenvalue weighted by Gasteiger charge is -2.34. The van der Waals surface area contributed by atoms with Crippen LogP contribution < -0.4 is 10.5 Å². The Balaban J connectivity index is 2.39. The van der Waals surface area contributed by atoms with Crippen molar-refractivity contribution in [3.8, 4) is 5.75 Å². The Morgan fingerprint density at radius 3 is 2.12 bits per heavy atom. The fourth-order valence-electron chi connectivity index (χ4n) is 2.51. The van der Waals surface area contributed by atoms with Crippen LogP contribution in [0.3, 0.4) is 0 Å². The molecule has 94 valence electrons. The minimum absolute atomic E-state index is 0.340. The van der Waals surface area contributed by atoms with Crippen molar-refractivity contribution in [2.24, 2.45) is 5.73 Å². The first kappa shape index (κ1) is 12.3. The third-order valence-electron chi connectivity index (χ3n) is 3.52. The lowest BCUT2D eigenvalue weighted by atomic mass is 9.77. The van der Waals surface area contributed by atoms with Gasteiger partial charge in [0.2, 0.25) is 0 Å². The van der Waals surface area contributed by atoms with Gasteiger partial charge in [-0.25, -0.2) is 8.78 Å². The molecule has 0 aliphatic heterocycles. The van der Waals surface area contributed by atoms with E-state index in [1.807, 2.05) is 0 Å². The Morgan fingerprint density at radius 1 is 1.12 bits per heavy atom. The summed E-state index contributed by atoms with van der Waals surface area (Å²) in [5.74, 6) is -1.70. The van der Waals surface area contributed by atoms with Gasteiger partial charge in [-0.15, -0.1) is 0 Å². The zero-order chi connectivity index (χ0) is 12.5. The van der Waals surface area contributed by atoms with Gasteiger partial charge in [0.25, 0.3) is 0 Å². The van der Waals surface area contributed by atoms with Crippen molar-refractivity contribution in [3.05, 3.63) is 29.3 Å². The van der Waals surface area contributed by atoms with Crippen LogP contribution in [0.25, 0.3) is 0 Å². The van der Waals surface area contributed by atoms with Crippen molar-refractivity contribution in [2.45, 2.75) is 37.6 Å². The van der Waals surface area contributed by atoms with E-state index < -0.39 is 17.2 Å². The second kappa shape index (κ2) is 4.61. The van der Waals surface area contributed by atoms with Crippen molar-refractivity contribution in [1.82, 2.24) is 0 Å². The average molecular weight is 241 g/mol. The van der Waals surface area contributed by atoms with Gasteiger partial charge in [-0.05, 0) is 30.5 Å².